The zero-order chi connectivity index (χ0) is 14.4. The summed E-state index contributed by atoms with van der Waals surface area (Å²) in [6.07, 6.45) is 1.39. The zero-order valence-electron chi connectivity index (χ0n) is 11.1. The Bertz CT molecular complexity index is 486. The second-order valence-electron chi connectivity index (χ2n) is 4.89. The standard InChI is InChI=1S/C15H17NO4/c17-9-12-8-13(6-7-14(12)18)16-15(19)20-10-11-4-2-1-3-5-11/h1-5,9,12-13H,6-8,10H2,(H,16,19). The maximum absolute atomic E-state index is 11.7. The highest BCUT2D eigenvalue weighted by Crippen LogP contribution is 2.19. The molecule has 5 nitrogen and oxygen atoms in total. The molecule has 1 aliphatic carbocycles. The van der Waals surface area contributed by atoms with Crippen LogP contribution in [0.4, 0.5) is 4.79 Å². The van der Waals surface area contributed by atoms with Crippen molar-refractivity contribution >= 4 is 18.2 Å². The number of alkyl carbamates (subject to hydrolysis) is 1. The summed E-state index contributed by atoms with van der Waals surface area (Å²) in [6.45, 7) is 0.204. The normalized spacial score (nSPS) is 22.1. The fraction of sp³-hybridized carbons (Fsp3) is 0.400. The lowest BCUT2D eigenvalue weighted by Crippen LogP contribution is -2.41. The molecule has 2 unspecified atom stereocenters. The molecule has 0 bridgehead atoms. The summed E-state index contributed by atoms with van der Waals surface area (Å²) in [6, 6.07) is 9.20. The van der Waals surface area contributed by atoms with Gasteiger partial charge in [0, 0.05) is 12.5 Å². The van der Waals surface area contributed by atoms with E-state index in [0.717, 1.165) is 5.56 Å². The maximum Gasteiger partial charge on any atom is 0.407 e. The molecule has 0 aromatic heterocycles. The van der Waals surface area contributed by atoms with Crippen LogP contribution in [0.5, 0.6) is 0 Å². The Morgan fingerprint density at radius 3 is 2.80 bits per heavy atom. The molecule has 1 aliphatic rings. The topological polar surface area (TPSA) is 72.5 Å². The second kappa shape index (κ2) is 6.84. The zero-order valence-corrected chi connectivity index (χ0v) is 11.1. The Morgan fingerprint density at radius 1 is 1.35 bits per heavy atom. The van der Waals surface area contributed by atoms with Crippen LogP contribution < -0.4 is 5.32 Å². The van der Waals surface area contributed by atoms with Gasteiger partial charge in [0.1, 0.15) is 18.7 Å². The predicted octanol–water partition coefficient (Wildman–Crippen LogP) is 1.85. The average molecular weight is 275 g/mol. The lowest BCUT2D eigenvalue weighted by molar-refractivity contribution is -0.129. The van der Waals surface area contributed by atoms with Gasteiger partial charge >= 0.3 is 6.09 Å². The second-order valence-corrected chi connectivity index (χ2v) is 4.89. The first-order valence-corrected chi connectivity index (χ1v) is 6.64. The number of hydrogen-bond acceptors (Lipinski definition) is 4. The Hall–Kier alpha value is -2.17. The van der Waals surface area contributed by atoms with Gasteiger partial charge in [0.05, 0.1) is 5.92 Å². The minimum Gasteiger partial charge on any atom is -0.445 e. The molecule has 1 aromatic rings. The van der Waals surface area contributed by atoms with Gasteiger partial charge in [-0.2, -0.15) is 0 Å². The van der Waals surface area contributed by atoms with Crippen molar-refractivity contribution in [1.29, 1.82) is 0 Å². The molecule has 1 saturated carbocycles. The molecule has 0 heterocycles. The number of carbonyl (C=O) groups excluding carboxylic acids is 3. The number of aldehydes is 1. The third-order valence-electron chi connectivity index (χ3n) is 3.39. The van der Waals surface area contributed by atoms with E-state index in [4.69, 9.17) is 4.74 Å². The number of Topliss-reactive ketones (excluding diaryl/α,β-unsaturated/α-hetero) is 1. The van der Waals surface area contributed by atoms with Gasteiger partial charge in [-0.05, 0) is 18.4 Å². The maximum atomic E-state index is 11.7. The largest absolute Gasteiger partial charge is 0.445 e. The van der Waals surface area contributed by atoms with E-state index in [0.29, 0.717) is 25.5 Å². The smallest absolute Gasteiger partial charge is 0.407 e. The van der Waals surface area contributed by atoms with Crippen LogP contribution in [0.25, 0.3) is 0 Å². The summed E-state index contributed by atoms with van der Waals surface area (Å²) in [4.78, 5) is 33.8. The Morgan fingerprint density at radius 2 is 2.10 bits per heavy atom. The highest BCUT2D eigenvalue weighted by atomic mass is 16.5. The van der Waals surface area contributed by atoms with Crippen LogP contribution in [0, 0.1) is 5.92 Å². The number of nitrogens with one attached hydrogen (secondary N) is 1. The van der Waals surface area contributed by atoms with E-state index in [1.165, 1.54) is 0 Å². The molecule has 106 valence electrons. The summed E-state index contributed by atoms with van der Waals surface area (Å²) in [5.41, 5.74) is 0.909. The fourth-order valence-electron chi connectivity index (χ4n) is 2.25. The van der Waals surface area contributed by atoms with E-state index in [1.807, 2.05) is 30.3 Å². The van der Waals surface area contributed by atoms with E-state index in [-0.39, 0.29) is 18.4 Å². The van der Waals surface area contributed by atoms with Crippen molar-refractivity contribution in [3.05, 3.63) is 35.9 Å². The first kappa shape index (κ1) is 14.2. The van der Waals surface area contributed by atoms with Crippen LogP contribution in [0.3, 0.4) is 0 Å². The number of ketones is 1. The average Bonchev–Trinajstić information content (AvgIpc) is 2.48. The van der Waals surface area contributed by atoms with E-state index in [2.05, 4.69) is 5.32 Å². The van der Waals surface area contributed by atoms with Crippen LogP contribution >= 0.6 is 0 Å². The molecule has 1 fully saturated rings. The van der Waals surface area contributed by atoms with Crippen molar-refractivity contribution in [3.8, 4) is 0 Å². The van der Waals surface area contributed by atoms with Gasteiger partial charge in [0.2, 0.25) is 0 Å². The minimum absolute atomic E-state index is 0.0456. The van der Waals surface area contributed by atoms with Crippen molar-refractivity contribution in [2.45, 2.75) is 31.9 Å². The third kappa shape index (κ3) is 3.91. The van der Waals surface area contributed by atoms with Crippen molar-refractivity contribution in [2.75, 3.05) is 0 Å². The lowest BCUT2D eigenvalue weighted by atomic mass is 9.85. The fourth-order valence-corrected chi connectivity index (χ4v) is 2.25. The Kier molecular flexibility index (Phi) is 4.87. The number of hydrogen-bond donors (Lipinski definition) is 1. The van der Waals surface area contributed by atoms with Gasteiger partial charge in [0.25, 0.3) is 0 Å². The molecule has 1 N–H and O–H groups in total. The quantitative estimate of drug-likeness (QED) is 0.672. The predicted molar refractivity (Wildman–Crippen MR) is 72.0 cm³/mol. The molecule has 0 radical (unpaired) electrons. The molecule has 0 saturated heterocycles. The summed E-state index contributed by atoms with van der Waals surface area (Å²) in [5.74, 6) is -0.640. The summed E-state index contributed by atoms with van der Waals surface area (Å²) >= 11 is 0. The Labute approximate surface area is 117 Å². The van der Waals surface area contributed by atoms with Crippen LogP contribution in [-0.4, -0.2) is 24.2 Å². The molecule has 0 aliphatic heterocycles. The highest BCUT2D eigenvalue weighted by Gasteiger charge is 2.29. The molecular formula is C15H17NO4. The molecule has 5 heteroatoms. The van der Waals surface area contributed by atoms with E-state index >= 15 is 0 Å². The first-order chi connectivity index (χ1) is 9.69. The molecule has 1 amide bonds. The SMILES string of the molecule is O=CC1CC(NC(=O)OCc2ccccc2)CCC1=O. The van der Waals surface area contributed by atoms with Crippen molar-refractivity contribution in [1.82, 2.24) is 5.32 Å². The van der Waals surface area contributed by atoms with Crippen LogP contribution in [0.1, 0.15) is 24.8 Å². The van der Waals surface area contributed by atoms with E-state index < -0.39 is 12.0 Å². The first-order valence-electron chi connectivity index (χ1n) is 6.64. The van der Waals surface area contributed by atoms with Gasteiger partial charge in [-0.25, -0.2) is 4.79 Å². The minimum atomic E-state index is -0.594. The number of rotatable bonds is 4. The molecule has 2 rings (SSSR count). The summed E-state index contributed by atoms with van der Waals surface area (Å²) < 4.78 is 5.10. The van der Waals surface area contributed by atoms with Crippen molar-refractivity contribution in [3.63, 3.8) is 0 Å². The molecule has 0 spiro atoms. The van der Waals surface area contributed by atoms with E-state index in [1.54, 1.807) is 0 Å². The molecule has 1 aromatic carbocycles. The number of amides is 1. The molecular weight excluding hydrogens is 258 g/mol. The number of carbonyl (C=O) groups is 3. The van der Waals surface area contributed by atoms with Crippen molar-refractivity contribution in [2.24, 2.45) is 5.92 Å². The van der Waals surface area contributed by atoms with Gasteiger partial charge < -0.3 is 14.8 Å². The lowest BCUT2D eigenvalue weighted by Gasteiger charge is -2.25. The van der Waals surface area contributed by atoms with Crippen LogP contribution in [0.2, 0.25) is 0 Å². The highest BCUT2D eigenvalue weighted by molar-refractivity contribution is 5.94. The van der Waals surface area contributed by atoms with Gasteiger partial charge in [-0.3, -0.25) is 4.79 Å². The number of ether oxygens (including phenoxy) is 1. The summed E-state index contributed by atoms with van der Waals surface area (Å²) in [5, 5.41) is 2.70. The van der Waals surface area contributed by atoms with Crippen molar-refractivity contribution < 1.29 is 19.1 Å². The van der Waals surface area contributed by atoms with Gasteiger partial charge in [-0.1, -0.05) is 30.3 Å². The van der Waals surface area contributed by atoms with Gasteiger partial charge in [-0.15, -0.1) is 0 Å². The monoisotopic (exact) mass is 275 g/mol. The summed E-state index contributed by atoms with van der Waals surface area (Å²) in [7, 11) is 0. The Balaban J connectivity index is 1.77. The van der Waals surface area contributed by atoms with E-state index in [9.17, 15) is 14.4 Å². The van der Waals surface area contributed by atoms with Crippen LogP contribution in [-0.2, 0) is 20.9 Å². The third-order valence-corrected chi connectivity index (χ3v) is 3.39. The molecule has 20 heavy (non-hydrogen) atoms. The molecule has 2 atom stereocenters. The number of benzene rings is 1. The van der Waals surface area contributed by atoms with Crippen LogP contribution in [0.15, 0.2) is 30.3 Å². The van der Waals surface area contributed by atoms with Gasteiger partial charge in [0.15, 0.2) is 0 Å².